The fourth-order valence-electron chi connectivity index (χ4n) is 9.53. The monoisotopic (exact) mass is 822 g/mol. The molecule has 8 aromatic carbocycles. The Morgan fingerprint density at radius 2 is 0.938 bits per heavy atom. The Labute approximate surface area is 374 Å². The molecule has 0 spiro atoms. The molecule has 1 aliphatic carbocycles. The summed E-state index contributed by atoms with van der Waals surface area (Å²) in [6.07, 6.45) is 14.7. The summed E-state index contributed by atoms with van der Waals surface area (Å²) in [4.78, 5) is 4.65. The summed E-state index contributed by atoms with van der Waals surface area (Å²) in [6, 6.07) is 70.0. The summed E-state index contributed by atoms with van der Waals surface area (Å²) >= 11 is 0. The van der Waals surface area contributed by atoms with Crippen LogP contribution in [0.1, 0.15) is 12.8 Å². The molecule has 4 nitrogen and oxygen atoms in total. The van der Waals surface area contributed by atoms with Crippen molar-refractivity contribution in [1.29, 1.82) is 0 Å². The second-order valence-corrected chi connectivity index (χ2v) is 16.2. The number of para-hydroxylation sites is 4. The number of rotatable bonds is 11. The lowest BCUT2D eigenvalue weighted by atomic mass is 10.0. The lowest BCUT2D eigenvalue weighted by Crippen LogP contribution is -2.16. The Kier molecular flexibility index (Phi) is 9.95. The maximum absolute atomic E-state index is 4.22. The largest absolute Gasteiger partial charge is 0.311 e. The molecule has 0 saturated heterocycles. The zero-order valence-corrected chi connectivity index (χ0v) is 35.6. The van der Waals surface area contributed by atoms with E-state index in [1.807, 2.05) is 18.2 Å². The Balaban J connectivity index is 0.948. The van der Waals surface area contributed by atoms with Gasteiger partial charge < -0.3 is 18.9 Å². The second kappa shape index (κ2) is 16.5. The first-order valence-corrected chi connectivity index (χ1v) is 22.0. The molecule has 1 aliphatic rings. The Hall–Kier alpha value is -8.34. The van der Waals surface area contributed by atoms with Gasteiger partial charge in [0.1, 0.15) is 0 Å². The lowest BCUT2D eigenvalue weighted by Gasteiger charge is -2.28. The van der Waals surface area contributed by atoms with E-state index in [4.69, 9.17) is 0 Å². The molecule has 0 aliphatic heterocycles. The first-order chi connectivity index (χ1) is 31.7. The van der Waals surface area contributed by atoms with Crippen molar-refractivity contribution >= 4 is 66.4 Å². The second-order valence-electron chi connectivity index (χ2n) is 16.2. The third-order valence-electron chi connectivity index (χ3n) is 12.4. The molecule has 306 valence electrons. The van der Waals surface area contributed by atoms with Crippen LogP contribution in [0, 0.1) is 0 Å². The maximum atomic E-state index is 4.22. The molecule has 0 atom stereocenters. The van der Waals surface area contributed by atoms with E-state index in [9.17, 15) is 0 Å². The van der Waals surface area contributed by atoms with Crippen molar-refractivity contribution in [2.75, 3.05) is 9.80 Å². The summed E-state index contributed by atoms with van der Waals surface area (Å²) in [5.74, 6) is 0. The minimum Gasteiger partial charge on any atom is -0.311 e. The van der Waals surface area contributed by atoms with E-state index in [2.05, 4.69) is 244 Å². The summed E-state index contributed by atoms with van der Waals surface area (Å²) in [6.45, 7) is 8.26. The Morgan fingerprint density at radius 3 is 1.47 bits per heavy atom. The molecule has 2 aromatic heterocycles. The van der Waals surface area contributed by atoms with Gasteiger partial charge in [-0.1, -0.05) is 128 Å². The fourth-order valence-corrected chi connectivity index (χ4v) is 9.53. The molecule has 0 unspecified atom stereocenters. The zero-order chi connectivity index (χ0) is 43.0. The highest BCUT2D eigenvalue weighted by Crippen LogP contribution is 2.41. The first kappa shape index (κ1) is 38.6. The number of benzene rings is 8. The van der Waals surface area contributed by atoms with E-state index in [-0.39, 0.29) is 0 Å². The molecule has 64 heavy (non-hydrogen) atoms. The quantitative estimate of drug-likeness (QED) is 0.121. The average molecular weight is 823 g/mol. The zero-order valence-electron chi connectivity index (χ0n) is 35.6. The number of anilines is 4. The Morgan fingerprint density at radius 1 is 0.453 bits per heavy atom. The van der Waals surface area contributed by atoms with E-state index in [1.165, 1.54) is 43.8 Å². The van der Waals surface area contributed by atoms with Gasteiger partial charge in [0, 0.05) is 67.1 Å². The van der Waals surface area contributed by atoms with Crippen molar-refractivity contribution in [1.82, 2.24) is 9.13 Å². The molecule has 4 heteroatoms. The SMILES string of the molecule is C=CC=C(C=C)N(c1ccc(-c2ccc(N(C3=CCCC=C3)c3ccc4c(c3)c3ccccc3n4-c3ccccc3)cc2)cc1)c1ccc2c(c1)c1ccccc1n2-c1ccccc1. The molecule has 0 radical (unpaired) electrons. The van der Waals surface area contributed by atoms with Crippen LogP contribution in [-0.2, 0) is 0 Å². The van der Waals surface area contributed by atoms with E-state index >= 15 is 0 Å². The van der Waals surface area contributed by atoms with E-state index < -0.39 is 0 Å². The summed E-state index contributed by atoms with van der Waals surface area (Å²) in [7, 11) is 0. The number of hydrogen-bond donors (Lipinski definition) is 0. The van der Waals surface area contributed by atoms with Crippen LogP contribution in [-0.4, -0.2) is 9.13 Å². The molecule has 0 amide bonds. The third-order valence-corrected chi connectivity index (χ3v) is 12.4. The van der Waals surface area contributed by atoms with E-state index in [1.54, 1.807) is 0 Å². The van der Waals surface area contributed by atoms with Crippen molar-refractivity contribution in [3.8, 4) is 22.5 Å². The first-order valence-electron chi connectivity index (χ1n) is 22.0. The normalized spacial score (nSPS) is 12.8. The highest BCUT2D eigenvalue weighted by atomic mass is 15.2. The minimum atomic E-state index is 0.937. The highest BCUT2D eigenvalue weighted by molar-refractivity contribution is 6.11. The summed E-state index contributed by atoms with van der Waals surface area (Å²) in [5, 5.41) is 4.87. The van der Waals surface area contributed by atoms with Gasteiger partial charge in [0.05, 0.1) is 22.1 Å². The van der Waals surface area contributed by atoms with Crippen LogP contribution in [0.2, 0.25) is 0 Å². The fraction of sp³-hybridized carbons (Fsp3) is 0.0333. The van der Waals surface area contributed by atoms with Gasteiger partial charge in [-0.05, 0) is 139 Å². The van der Waals surface area contributed by atoms with Gasteiger partial charge >= 0.3 is 0 Å². The Bertz CT molecular complexity index is 3450. The van der Waals surface area contributed by atoms with Crippen molar-refractivity contribution < 1.29 is 0 Å². The topological polar surface area (TPSA) is 16.3 Å². The van der Waals surface area contributed by atoms with Gasteiger partial charge in [-0.15, -0.1) is 0 Å². The third kappa shape index (κ3) is 6.73. The van der Waals surface area contributed by atoms with Crippen molar-refractivity contribution in [2.45, 2.75) is 12.8 Å². The van der Waals surface area contributed by atoms with Gasteiger partial charge in [-0.25, -0.2) is 0 Å². The van der Waals surface area contributed by atoms with Gasteiger partial charge in [0.15, 0.2) is 0 Å². The van der Waals surface area contributed by atoms with Crippen LogP contribution in [0.4, 0.5) is 22.7 Å². The number of fused-ring (bicyclic) bond motifs is 6. The highest BCUT2D eigenvalue weighted by Gasteiger charge is 2.20. The smallest absolute Gasteiger partial charge is 0.0542 e. The standard InChI is InChI=1S/C60H46N4/c1-3-18-45(4-2)61(51-37-39-59-55(41-51)53-25-14-16-27-57(53)63(59)47-21-10-6-11-22-47)49-33-29-43(30-34-49)44-31-35-50(36-32-44)62(46-19-8-5-9-20-46)52-38-40-60-56(42-52)54-26-15-17-28-58(54)64(60)48-23-12-7-13-24-48/h3-4,6-8,10-42H,1-2,5,9H2. The molecular formula is C60H46N4. The van der Waals surface area contributed by atoms with E-state index in [0.29, 0.717) is 0 Å². The number of allylic oxidation sites excluding steroid dienone is 6. The molecule has 0 bridgehead atoms. The van der Waals surface area contributed by atoms with Crippen LogP contribution in [0.5, 0.6) is 0 Å². The average Bonchev–Trinajstić information content (AvgIpc) is 3.87. The molecular weight excluding hydrogens is 777 g/mol. The van der Waals surface area contributed by atoms with Crippen LogP contribution in [0.3, 0.4) is 0 Å². The molecule has 0 fully saturated rings. The van der Waals surface area contributed by atoms with Gasteiger partial charge in [0.25, 0.3) is 0 Å². The van der Waals surface area contributed by atoms with Crippen LogP contribution >= 0.6 is 0 Å². The molecule has 0 saturated carbocycles. The van der Waals surface area contributed by atoms with Crippen molar-refractivity contribution in [2.24, 2.45) is 0 Å². The molecule has 0 N–H and O–H groups in total. The van der Waals surface area contributed by atoms with E-state index in [0.717, 1.165) is 69.3 Å². The predicted octanol–water partition coefficient (Wildman–Crippen LogP) is 16.3. The van der Waals surface area contributed by atoms with Crippen LogP contribution in [0.25, 0.3) is 66.1 Å². The predicted molar refractivity (Wildman–Crippen MR) is 273 cm³/mol. The summed E-state index contributed by atoms with van der Waals surface area (Å²) < 4.78 is 4.72. The van der Waals surface area contributed by atoms with Crippen molar-refractivity contribution in [3.63, 3.8) is 0 Å². The van der Waals surface area contributed by atoms with Gasteiger partial charge in [0.2, 0.25) is 0 Å². The lowest BCUT2D eigenvalue weighted by molar-refractivity contribution is 0.997. The number of nitrogens with zero attached hydrogens (tertiary/aromatic N) is 4. The van der Waals surface area contributed by atoms with Gasteiger partial charge in [-0.3, -0.25) is 0 Å². The van der Waals surface area contributed by atoms with Crippen LogP contribution in [0.15, 0.2) is 255 Å². The van der Waals surface area contributed by atoms with Gasteiger partial charge in [-0.2, -0.15) is 0 Å². The molecule has 11 rings (SSSR count). The number of aromatic nitrogens is 2. The van der Waals surface area contributed by atoms with Crippen LogP contribution < -0.4 is 9.80 Å². The van der Waals surface area contributed by atoms with Crippen molar-refractivity contribution in [3.05, 3.63) is 255 Å². The molecule has 2 heterocycles. The minimum absolute atomic E-state index is 0.937. The number of hydrogen-bond acceptors (Lipinski definition) is 2. The summed E-state index contributed by atoms with van der Waals surface area (Å²) in [5.41, 5.74) is 15.8. The maximum Gasteiger partial charge on any atom is 0.0542 e. The molecule has 10 aromatic rings.